The van der Waals surface area contributed by atoms with E-state index in [-0.39, 0.29) is 12.5 Å². The molecule has 0 aliphatic heterocycles. The molecule has 2 N–H and O–H groups in total. The standard InChI is InChI=1S/C17H25NO3/c1-13(2)11-21-15-7-5-6-14(10-15)16(20)18-17(12-19)8-3-4-9-17/h5-7,10,13,19H,3-4,8-9,11-12H2,1-2H3,(H,18,20). The lowest BCUT2D eigenvalue weighted by atomic mass is 9.98. The largest absolute Gasteiger partial charge is 0.493 e. The number of rotatable bonds is 6. The van der Waals surface area contributed by atoms with Crippen LogP contribution in [-0.2, 0) is 0 Å². The molecule has 0 saturated heterocycles. The molecule has 1 amide bonds. The maximum absolute atomic E-state index is 12.4. The lowest BCUT2D eigenvalue weighted by Crippen LogP contribution is -2.49. The van der Waals surface area contributed by atoms with E-state index < -0.39 is 5.54 Å². The van der Waals surface area contributed by atoms with Crippen LogP contribution in [0.5, 0.6) is 5.75 Å². The van der Waals surface area contributed by atoms with Gasteiger partial charge in [0.05, 0.1) is 18.8 Å². The van der Waals surface area contributed by atoms with Crippen molar-refractivity contribution in [3.05, 3.63) is 29.8 Å². The zero-order valence-electron chi connectivity index (χ0n) is 12.9. The first-order chi connectivity index (χ1) is 10.0. The number of aliphatic hydroxyl groups excluding tert-OH is 1. The van der Waals surface area contributed by atoms with Crippen molar-refractivity contribution in [1.82, 2.24) is 5.32 Å². The first-order valence-corrected chi connectivity index (χ1v) is 7.71. The minimum absolute atomic E-state index is 0.00226. The fourth-order valence-electron chi connectivity index (χ4n) is 2.68. The van der Waals surface area contributed by atoms with Gasteiger partial charge in [0.2, 0.25) is 0 Å². The molecule has 0 spiro atoms. The zero-order valence-corrected chi connectivity index (χ0v) is 12.9. The molecule has 0 bridgehead atoms. The van der Waals surface area contributed by atoms with Crippen LogP contribution >= 0.6 is 0 Å². The summed E-state index contributed by atoms with van der Waals surface area (Å²) < 4.78 is 5.65. The Morgan fingerprint density at radius 3 is 2.71 bits per heavy atom. The third-order valence-electron chi connectivity index (χ3n) is 3.92. The van der Waals surface area contributed by atoms with Crippen LogP contribution in [0.4, 0.5) is 0 Å². The Morgan fingerprint density at radius 1 is 1.38 bits per heavy atom. The lowest BCUT2D eigenvalue weighted by Gasteiger charge is -2.28. The average Bonchev–Trinajstić information content (AvgIpc) is 2.94. The van der Waals surface area contributed by atoms with Gasteiger partial charge in [0.1, 0.15) is 5.75 Å². The molecular formula is C17H25NO3. The monoisotopic (exact) mass is 291 g/mol. The number of nitrogens with one attached hydrogen (secondary N) is 1. The second kappa shape index (κ2) is 6.94. The van der Waals surface area contributed by atoms with Gasteiger partial charge in [0, 0.05) is 5.56 Å². The van der Waals surface area contributed by atoms with Crippen LogP contribution in [0, 0.1) is 5.92 Å². The van der Waals surface area contributed by atoms with E-state index in [1.807, 2.05) is 12.1 Å². The topological polar surface area (TPSA) is 58.6 Å². The van der Waals surface area contributed by atoms with E-state index in [2.05, 4.69) is 19.2 Å². The molecule has 1 aliphatic rings. The maximum Gasteiger partial charge on any atom is 0.251 e. The Bertz CT molecular complexity index is 479. The van der Waals surface area contributed by atoms with Gasteiger partial charge in [0.25, 0.3) is 5.91 Å². The molecule has 0 atom stereocenters. The number of carbonyl (C=O) groups excluding carboxylic acids is 1. The summed E-state index contributed by atoms with van der Waals surface area (Å²) in [5, 5.41) is 12.6. The summed E-state index contributed by atoms with van der Waals surface area (Å²) >= 11 is 0. The van der Waals surface area contributed by atoms with Gasteiger partial charge >= 0.3 is 0 Å². The van der Waals surface area contributed by atoms with E-state index in [1.54, 1.807) is 12.1 Å². The molecule has 0 radical (unpaired) electrons. The Balaban J connectivity index is 2.03. The zero-order chi connectivity index (χ0) is 15.3. The van der Waals surface area contributed by atoms with Crippen LogP contribution in [0.2, 0.25) is 0 Å². The summed E-state index contributed by atoms with van der Waals surface area (Å²) in [6.45, 7) is 4.80. The van der Waals surface area contributed by atoms with Crippen molar-refractivity contribution in [2.45, 2.75) is 45.1 Å². The number of carbonyl (C=O) groups is 1. The molecule has 0 aromatic heterocycles. The Morgan fingerprint density at radius 2 is 2.10 bits per heavy atom. The van der Waals surface area contributed by atoms with Crippen molar-refractivity contribution in [2.24, 2.45) is 5.92 Å². The highest BCUT2D eigenvalue weighted by Crippen LogP contribution is 2.29. The van der Waals surface area contributed by atoms with Gasteiger partial charge in [-0.05, 0) is 37.0 Å². The van der Waals surface area contributed by atoms with Crippen molar-refractivity contribution in [3.63, 3.8) is 0 Å². The van der Waals surface area contributed by atoms with E-state index in [4.69, 9.17) is 4.74 Å². The highest BCUT2D eigenvalue weighted by Gasteiger charge is 2.34. The minimum atomic E-state index is -0.439. The van der Waals surface area contributed by atoms with Gasteiger partial charge < -0.3 is 15.2 Å². The summed E-state index contributed by atoms with van der Waals surface area (Å²) in [6, 6.07) is 7.22. The second-order valence-corrected chi connectivity index (χ2v) is 6.33. The number of aliphatic hydroxyl groups is 1. The summed E-state index contributed by atoms with van der Waals surface area (Å²) in [7, 11) is 0. The third kappa shape index (κ3) is 4.21. The SMILES string of the molecule is CC(C)COc1cccc(C(=O)NC2(CO)CCCC2)c1. The molecule has 0 heterocycles. The van der Waals surface area contributed by atoms with E-state index in [9.17, 15) is 9.90 Å². The van der Waals surface area contributed by atoms with E-state index in [0.29, 0.717) is 23.8 Å². The van der Waals surface area contributed by atoms with Crippen LogP contribution in [0.15, 0.2) is 24.3 Å². The van der Waals surface area contributed by atoms with E-state index in [0.717, 1.165) is 25.7 Å². The Hall–Kier alpha value is -1.55. The smallest absolute Gasteiger partial charge is 0.251 e. The molecule has 1 aliphatic carbocycles. The number of hydrogen-bond acceptors (Lipinski definition) is 3. The van der Waals surface area contributed by atoms with E-state index in [1.165, 1.54) is 0 Å². The number of benzene rings is 1. The van der Waals surface area contributed by atoms with Gasteiger partial charge in [-0.25, -0.2) is 0 Å². The van der Waals surface area contributed by atoms with Crippen molar-refractivity contribution >= 4 is 5.91 Å². The first kappa shape index (κ1) is 15.8. The fourth-order valence-corrected chi connectivity index (χ4v) is 2.68. The second-order valence-electron chi connectivity index (χ2n) is 6.33. The van der Waals surface area contributed by atoms with Crippen LogP contribution < -0.4 is 10.1 Å². The number of hydrogen-bond donors (Lipinski definition) is 2. The fraction of sp³-hybridized carbons (Fsp3) is 0.588. The highest BCUT2D eigenvalue weighted by molar-refractivity contribution is 5.95. The normalized spacial score (nSPS) is 17.0. The highest BCUT2D eigenvalue weighted by atomic mass is 16.5. The molecule has 116 valence electrons. The predicted octanol–water partition coefficient (Wildman–Crippen LogP) is 2.76. The van der Waals surface area contributed by atoms with E-state index >= 15 is 0 Å². The van der Waals surface area contributed by atoms with Gasteiger partial charge in [-0.2, -0.15) is 0 Å². The van der Waals surface area contributed by atoms with Crippen molar-refractivity contribution in [2.75, 3.05) is 13.2 Å². The molecular weight excluding hydrogens is 266 g/mol. The molecule has 1 saturated carbocycles. The third-order valence-corrected chi connectivity index (χ3v) is 3.92. The molecule has 4 heteroatoms. The van der Waals surface area contributed by atoms with Crippen LogP contribution in [0.3, 0.4) is 0 Å². The van der Waals surface area contributed by atoms with Crippen LogP contribution in [0.25, 0.3) is 0 Å². The van der Waals surface area contributed by atoms with Gasteiger partial charge in [0.15, 0.2) is 0 Å². The summed E-state index contributed by atoms with van der Waals surface area (Å²) in [5.41, 5.74) is 0.141. The molecule has 21 heavy (non-hydrogen) atoms. The van der Waals surface area contributed by atoms with Gasteiger partial charge in [-0.1, -0.05) is 32.8 Å². The molecule has 2 rings (SSSR count). The molecule has 1 aromatic carbocycles. The summed E-state index contributed by atoms with van der Waals surface area (Å²) in [5.74, 6) is 1.01. The summed E-state index contributed by atoms with van der Waals surface area (Å²) in [4.78, 5) is 12.4. The molecule has 1 fully saturated rings. The molecule has 0 unspecified atom stereocenters. The van der Waals surface area contributed by atoms with Crippen molar-refractivity contribution < 1.29 is 14.6 Å². The average molecular weight is 291 g/mol. The van der Waals surface area contributed by atoms with Crippen molar-refractivity contribution in [3.8, 4) is 5.75 Å². The number of amides is 1. The maximum atomic E-state index is 12.4. The predicted molar refractivity (Wildman–Crippen MR) is 82.5 cm³/mol. The Labute approximate surface area is 126 Å². The van der Waals surface area contributed by atoms with Gasteiger partial charge in [-0.3, -0.25) is 4.79 Å². The first-order valence-electron chi connectivity index (χ1n) is 7.71. The van der Waals surface area contributed by atoms with Crippen molar-refractivity contribution in [1.29, 1.82) is 0 Å². The number of ether oxygens (including phenoxy) is 1. The summed E-state index contributed by atoms with van der Waals surface area (Å²) in [6.07, 6.45) is 3.80. The lowest BCUT2D eigenvalue weighted by molar-refractivity contribution is 0.0838. The van der Waals surface area contributed by atoms with Crippen LogP contribution in [0.1, 0.15) is 49.9 Å². The molecule has 1 aromatic rings. The van der Waals surface area contributed by atoms with Gasteiger partial charge in [-0.15, -0.1) is 0 Å². The minimum Gasteiger partial charge on any atom is -0.493 e. The quantitative estimate of drug-likeness (QED) is 0.847. The Kier molecular flexibility index (Phi) is 5.23. The van der Waals surface area contributed by atoms with Crippen LogP contribution in [-0.4, -0.2) is 29.8 Å². The molecule has 4 nitrogen and oxygen atoms in total.